The van der Waals surface area contributed by atoms with Crippen LogP contribution in [0.4, 0.5) is 0 Å². The molecule has 2 heterocycles. The van der Waals surface area contributed by atoms with Crippen LogP contribution in [0.5, 0.6) is 0 Å². The van der Waals surface area contributed by atoms with Crippen LogP contribution in [0.25, 0.3) is 0 Å². The molecule has 0 aliphatic carbocycles. The topological polar surface area (TPSA) is 58.4 Å². The van der Waals surface area contributed by atoms with Crippen molar-refractivity contribution in [3.8, 4) is 0 Å². The highest BCUT2D eigenvalue weighted by Gasteiger charge is 2.26. The van der Waals surface area contributed by atoms with E-state index in [1.165, 1.54) is 11.8 Å². The number of rotatable bonds is 4. The molecular formula is C13H21N3O2S. The second kappa shape index (κ2) is 5.96. The summed E-state index contributed by atoms with van der Waals surface area (Å²) in [5, 5.41) is 9.63. The number of carboxylic acids is 1. The van der Waals surface area contributed by atoms with Gasteiger partial charge in [-0.05, 0) is 33.7 Å². The first-order chi connectivity index (χ1) is 8.99. The van der Waals surface area contributed by atoms with Crippen LogP contribution in [0.2, 0.25) is 0 Å². The van der Waals surface area contributed by atoms with Gasteiger partial charge in [0.15, 0.2) is 5.16 Å². The Kier molecular flexibility index (Phi) is 4.52. The molecule has 0 radical (unpaired) electrons. The molecule has 2 rings (SSSR count). The molecule has 106 valence electrons. The first kappa shape index (κ1) is 14.4. The highest BCUT2D eigenvalue weighted by atomic mass is 32.2. The predicted molar refractivity (Wildman–Crippen MR) is 75.7 cm³/mol. The lowest BCUT2D eigenvalue weighted by Gasteiger charge is -2.36. The van der Waals surface area contributed by atoms with Crippen LogP contribution >= 0.6 is 11.8 Å². The summed E-state index contributed by atoms with van der Waals surface area (Å²) in [6.07, 6.45) is 4.03. The Balaban J connectivity index is 2.14. The number of aromatic nitrogens is 2. The fourth-order valence-corrected chi connectivity index (χ4v) is 3.41. The molecule has 1 aliphatic heterocycles. The molecule has 1 aromatic heterocycles. The molecule has 0 spiro atoms. The average Bonchev–Trinajstić information content (AvgIpc) is 2.71. The lowest BCUT2D eigenvalue weighted by atomic mass is 9.98. The fraction of sp³-hybridized carbons (Fsp3) is 0.692. The summed E-state index contributed by atoms with van der Waals surface area (Å²) in [4.78, 5) is 17.4. The van der Waals surface area contributed by atoms with Crippen LogP contribution in [0, 0.1) is 6.92 Å². The molecule has 2 unspecified atom stereocenters. The van der Waals surface area contributed by atoms with Crippen molar-refractivity contribution in [1.82, 2.24) is 14.5 Å². The maximum Gasteiger partial charge on any atom is 0.313 e. The number of thioether (sulfide) groups is 1. The van der Waals surface area contributed by atoms with Crippen molar-refractivity contribution >= 4 is 17.7 Å². The third-order valence-corrected chi connectivity index (χ3v) is 4.77. The number of aryl methyl sites for hydroxylation is 1. The van der Waals surface area contributed by atoms with E-state index in [1.54, 1.807) is 0 Å². The Morgan fingerprint density at radius 1 is 1.63 bits per heavy atom. The first-order valence-electron chi connectivity index (χ1n) is 6.57. The highest BCUT2D eigenvalue weighted by Crippen LogP contribution is 2.31. The van der Waals surface area contributed by atoms with E-state index in [9.17, 15) is 4.79 Å². The summed E-state index contributed by atoms with van der Waals surface area (Å²) in [6, 6.07) is 0.989. The zero-order valence-corrected chi connectivity index (χ0v) is 12.5. The van der Waals surface area contributed by atoms with Gasteiger partial charge in [0.2, 0.25) is 0 Å². The summed E-state index contributed by atoms with van der Waals surface area (Å²) in [6.45, 7) is 5.36. The predicted octanol–water partition coefficient (Wildman–Crippen LogP) is 2.02. The van der Waals surface area contributed by atoms with Crippen molar-refractivity contribution in [2.24, 2.45) is 0 Å². The van der Waals surface area contributed by atoms with Crippen LogP contribution in [-0.2, 0) is 4.79 Å². The minimum atomic E-state index is -0.797. The number of piperidine rings is 1. The molecule has 19 heavy (non-hydrogen) atoms. The molecular weight excluding hydrogens is 262 g/mol. The Bertz CT molecular complexity index is 461. The highest BCUT2D eigenvalue weighted by molar-refractivity contribution is 7.99. The van der Waals surface area contributed by atoms with E-state index in [0.29, 0.717) is 12.1 Å². The molecule has 0 aromatic carbocycles. The van der Waals surface area contributed by atoms with E-state index in [0.717, 1.165) is 30.2 Å². The largest absolute Gasteiger partial charge is 0.481 e. The van der Waals surface area contributed by atoms with Gasteiger partial charge in [-0.15, -0.1) is 0 Å². The Morgan fingerprint density at radius 2 is 2.37 bits per heavy atom. The second-order valence-corrected chi connectivity index (χ2v) is 6.18. The van der Waals surface area contributed by atoms with Crippen LogP contribution < -0.4 is 0 Å². The molecule has 1 saturated heterocycles. The van der Waals surface area contributed by atoms with Gasteiger partial charge in [0.1, 0.15) is 0 Å². The Morgan fingerprint density at radius 3 is 3.00 bits per heavy atom. The first-order valence-corrected chi connectivity index (χ1v) is 7.56. The van der Waals surface area contributed by atoms with Gasteiger partial charge in [0.05, 0.1) is 5.75 Å². The summed E-state index contributed by atoms with van der Waals surface area (Å²) >= 11 is 1.31. The maximum absolute atomic E-state index is 10.7. The molecule has 1 N–H and O–H groups in total. The molecule has 1 fully saturated rings. The molecule has 5 nitrogen and oxygen atoms in total. The van der Waals surface area contributed by atoms with Gasteiger partial charge in [-0.2, -0.15) is 0 Å². The quantitative estimate of drug-likeness (QED) is 0.857. The second-order valence-electron chi connectivity index (χ2n) is 5.24. The number of nitrogens with zero attached hydrogens (tertiary/aromatic N) is 3. The zero-order chi connectivity index (χ0) is 14.0. The summed E-state index contributed by atoms with van der Waals surface area (Å²) < 4.78 is 2.22. The number of carbonyl (C=O) groups is 1. The van der Waals surface area contributed by atoms with Gasteiger partial charge in [0, 0.05) is 30.5 Å². The number of imidazole rings is 1. The lowest BCUT2D eigenvalue weighted by molar-refractivity contribution is -0.133. The third-order valence-electron chi connectivity index (χ3n) is 3.82. The van der Waals surface area contributed by atoms with Crippen LogP contribution in [0.1, 0.15) is 31.5 Å². The zero-order valence-electron chi connectivity index (χ0n) is 11.7. The van der Waals surface area contributed by atoms with E-state index >= 15 is 0 Å². The van der Waals surface area contributed by atoms with Gasteiger partial charge in [-0.3, -0.25) is 4.79 Å². The van der Waals surface area contributed by atoms with E-state index in [1.807, 2.05) is 13.1 Å². The van der Waals surface area contributed by atoms with Crippen LogP contribution in [0.3, 0.4) is 0 Å². The maximum atomic E-state index is 10.7. The van der Waals surface area contributed by atoms with Gasteiger partial charge < -0.3 is 14.6 Å². The van der Waals surface area contributed by atoms with Crippen molar-refractivity contribution < 1.29 is 9.90 Å². The number of likely N-dealkylation sites (tertiary alicyclic amines) is 1. The Hall–Kier alpha value is -1.01. The van der Waals surface area contributed by atoms with E-state index < -0.39 is 5.97 Å². The summed E-state index contributed by atoms with van der Waals surface area (Å²) in [5.74, 6) is -0.729. The van der Waals surface area contributed by atoms with Crippen molar-refractivity contribution in [2.45, 2.75) is 43.9 Å². The average molecular weight is 283 g/mol. The lowest BCUT2D eigenvalue weighted by Crippen LogP contribution is -2.38. The van der Waals surface area contributed by atoms with E-state index in [4.69, 9.17) is 5.11 Å². The van der Waals surface area contributed by atoms with Crippen LogP contribution in [0.15, 0.2) is 11.4 Å². The molecule has 0 amide bonds. The number of hydrogen-bond donors (Lipinski definition) is 1. The summed E-state index contributed by atoms with van der Waals surface area (Å²) in [5.41, 5.74) is 1.12. The number of aliphatic carboxylic acids is 1. The molecule has 1 aromatic rings. The van der Waals surface area contributed by atoms with E-state index in [2.05, 4.69) is 28.4 Å². The number of hydrogen-bond acceptors (Lipinski definition) is 4. The fourth-order valence-electron chi connectivity index (χ4n) is 2.60. The molecule has 2 atom stereocenters. The summed E-state index contributed by atoms with van der Waals surface area (Å²) in [7, 11) is 2.15. The minimum absolute atomic E-state index is 0.0681. The van der Waals surface area contributed by atoms with Crippen molar-refractivity contribution in [2.75, 3.05) is 19.3 Å². The SMILES string of the molecule is Cc1cnc(SCC(=O)O)n1C1CCN(C)C(C)C1. The third kappa shape index (κ3) is 3.30. The monoisotopic (exact) mass is 283 g/mol. The van der Waals surface area contributed by atoms with Crippen molar-refractivity contribution in [1.29, 1.82) is 0 Å². The van der Waals surface area contributed by atoms with Gasteiger partial charge in [-0.25, -0.2) is 4.98 Å². The number of carboxylic acid groups (broad SMARTS) is 1. The smallest absolute Gasteiger partial charge is 0.313 e. The molecule has 6 heteroatoms. The molecule has 0 bridgehead atoms. The molecule has 0 saturated carbocycles. The van der Waals surface area contributed by atoms with Crippen molar-refractivity contribution in [3.63, 3.8) is 0 Å². The van der Waals surface area contributed by atoms with Gasteiger partial charge in [-0.1, -0.05) is 11.8 Å². The van der Waals surface area contributed by atoms with Gasteiger partial charge >= 0.3 is 5.97 Å². The van der Waals surface area contributed by atoms with Crippen molar-refractivity contribution in [3.05, 3.63) is 11.9 Å². The van der Waals surface area contributed by atoms with Crippen LogP contribution in [-0.4, -0.2) is 50.9 Å². The molecule has 1 aliphatic rings. The van der Waals surface area contributed by atoms with Gasteiger partial charge in [0.25, 0.3) is 0 Å². The minimum Gasteiger partial charge on any atom is -0.481 e. The standard InChI is InChI=1S/C13H21N3O2S/c1-9-6-11(4-5-15(9)3)16-10(2)7-14-13(16)19-8-12(17)18/h7,9,11H,4-6,8H2,1-3H3,(H,17,18). The normalized spacial score (nSPS) is 24.6. The van der Waals surface area contributed by atoms with E-state index in [-0.39, 0.29) is 5.75 Å². The Labute approximate surface area is 118 Å².